The van der Waals surface area contributed by atoms with Crippen LogP contribution in [0.4, 0.5) is 5.69 Å². The van der Waals surface area contributed by atoms with E-state index in [0.717, 1.165) is 28.3 Å². The molecule has 25 heavy (non-hydrogen) atoms. The molecule has 0 bridgehead atoms. The first-order valence-corrected chi connectivity index (χ1v) is 9.78. The standard InChI is InChI=1S/C21H15Cl2NS/c22-16-9-6-10-17(23)20(16)15-13-25-19-12-5-4-11-18(19)24-21(15)14-7-2-1-3-8-14/h1-12,15H,13H2/t15-/m0/s1. The zero-order valence-electron chi connectivity index (χ0n) is 13.3. The van der Waals surface area contributed by atoms with E-state index < -0.39 is 0 Å². The van der Waals surface area contributed by atoms with Gasteiger partial charge in [-0.2, -0.15) is 0 Å². The molecule has 0 aliphatic carbocycles. The monoisotopic (exact) mass is 383 g/mol. The fraction of sp³-hybridized carbons (Fsp3) is 0.0952. The lowest BCUT2D eigenvalue weighted by atomic mass is 9.91. The van der Waals surface area contributed by atoms with E-state index in [0.29, 0.717) is 10.0 Å². The number of rotatable bonds is 2. The van der Waals surface area contributed by atoms with E-state index in [-0.39, 0.29) is 5.92 Å². The maximum absolute atomic E-state index is 6.53. The highest BCUT2D eigenvalue weighted by Crippen LogP contribution is 2.42. The first-order chi connectivity index (χ1) is 12.2. The summed E-state index contributed by atoms with van der Waals surface area (Å²) in [5.74, 6) is 0.870. The van der Waals surface area contributed by atoms with Crippen molar-refractivity contribution in [1.29, 1.82) is 0 Å². The molecule has 0 N–H and O–H groups in total. The number of para-hydroxylation sites is 1. The van der Waals surface area contributed by atoms with Crippen molar-refractivity contribution in [3.05, 3.63) is 94.0 Å². The van der Waals surface area contributed by atoms with Crippen molar-refractivity contribution >= 4 is 46.4 Å². The Morgan fingerprint density at radius 2 is 1.48 bits per heavy atom. The molecule has 1 atom stereocenters. The molecular formula is C21H15Cl2NS. The van der Waals surface area contributed by atoms with Crippen LogP contribution in [-0.4, -0.2) is 11.5 Å². The molecule has 0 fully saturated rings. The van der Waals surface area contributed by atoms with Gasteiger partial charge in [0.15, 0.2) is 0 Å². The fourth-order valence-electron chi connectivity index (χ4n) is 3.07. The molecule has 124 valence electrons. The first-order valence-electron chi connectivity index (χ1n) is 8.04. The van der Waals surface area contributed by atoms with Crippen LogP contribution in [0.25, 0.3) is 0 Å². The Morgan fingerprint density at radius 3 is 2.24 bits per heavy atom. The summed E-state index contributed by atoms with van der Waals surface area (Å²) in [4.78, 5) is 6.21. The van der Waals surface area contributed by atoms with Crippen LogP contribution in [0, 0.1) is 0 Å². The Morgan fingerprint density at radius 1 is 0.800 bits per heavy atom. The van der Waals surface area contributed by atoms with E-state index in [1.165, 1.54) is 4.90 Å². The number of hydrogen-bond donors (Lipinski definition) is 0. The lowest BCUT2D eigenvalue weighted by Gasteiger charge is -2.20. The van der Waals surface area contributed by atoms with E-state index >= 15 is 0 Å². The van der Waals surface area contributed by atoms with Gasteiger partial charge in [0.25, 0.3) is 0 Å². The van der Waals surface area contributed by atoms with Crippen molar-refractivity contribution in [3.63, 3.8) is 0 Å². The van der Waals surface area contributed by atoms with Gasteiger partial charge in [-0.15, -0.1) is 11.8 Å². The minimum Gasteiger partial charge on any atom is -0.251 e. The summed E-state index contributed by atoms with van der Waals surface area (Å²) in [5.41, 5.74) is 4.06. The predicted octanol–water partition coefficient (Wildman–Crippen LogP) is 7.00. The van der Waals surface area contributed by atoms with Crippen molar-refractivity contribution in [2.45, 2.75) is 10.8 Å². The van der Waals surface area contributed by atoms with Crippen LogP contribution in [0.5, 0.6) is 0 Å². The van der Waals surface area contributed by atoms with E-state index in [1.807, 2.05) is 48.5 Å². The molecule has 4 rings (SSSR count). The van der Waals surface area contributed by atoms with Gasteiger partial charge in [0.1, 0.15) is 0 Å². The quantitative estimate of drug-likeness (QED) is 0.463. The smallest absolute Gasteiger partial charge is 0.0769 e. The molecular weight excluding hydrogens is 369 g/mol. The molecule has 0 aromatic heterocycles. The fourth-order valence-corrected chi connectivity index (χ4v) is 4.84. The van der Waals surface area contributed by atoms with E-state index in [2.05, 4.69) is 24.3 Å². The van der Waals surface area contributed by atoms with Gasteiger partial charge in [0, 0.05) is 26.6 Å². The number of halogens is 2. The second-order valence-electron chi connectivity index (χ2n) is 5.83. The molecule has 1 aliphatic heterocycles. The van der Waals surface area contributed by atoms with Crippen molar-refractivity contribution in [2.75, 3.05) is 5.75 Å². The third kappa shape index (κ3) is 3.35. The molecule has 0 amide bonds. The number of fused-ring (bicyclic) bond motifs is 1. The molecule has 0 unspecified atom stereocenters. The van der Waals surface area contributed by atoms with Crippen LogP contribution in [0.3, 0.4) is 0 Å². The Balaban J connectivity index is 1.92. The van der Waals surface area contributed by atoms with Crippen LogP contribution in [0.15, 0.2) is 82.7 Å². The highest BCUT2D eigenvalue weighted by atomic mass is 35.5. The van der Waals surface area contributed by atoms with Gasteiger partial charge in [0.05, 0.1) is 11.4 Å². The van der Waals surface area contributed by atoms with Gasteiger partial charge in [-0.25, -0.2) is 0 Å². The van der Waals surface area contributed by atoms with Gasteiger partial charge >= 0.3 is 0 Å². The molecule has 1 aliphatic rings. The molecule has 4 heteroatoms. The van der Waals surface area contributed by atoms with Gasteiger partial charge in [-0.3, -0.25) is 4.99 Å². The zero-order chi connectivity index (χ0) is 17.2. The van der Waals surface area contributed by atoms with Gasteiger partial charge in [-0.05, 0) is 35.4 Å². The van der Waals surface area contributed by atoms with Crippen LogP contribution >= 0.6 is 35.0 Å². The Labute approximate surface area is 161 Å². The summed E-state index contributed by atoms with van der Waals surface area (Å²) in [5, 5.41) is 1.38. The van der Waals surface area contributed by atoms with Crippen molar-refractivity contribution in [2.24, 2.45) is 4.99 Å². The van der Waals surface area contributed by atoms with Crippen molar-refractivity contribution in [3.8, 4) is 0 Å². The Hall–Kier alpha value is -1.74. The zero-order valence-corrected chi connectivity index (χ0v) is 15.7. The lowest BCUT2D eigenvalue weighted by molar-refractivity contribution is 1.04. The van der Waals surface area contributed by atoms with Crippen LogP contribution in [0.2, 0.25) is 10.0 Å². The highest BCUT2D eigenvalue weighted by molar-refractivity contribution is 7.99. The second kappa shape index (κ2) is 7.25. The number of aliphatic imine (C=N–C) groups is 1. The maximum atomic E-state index is 6.53. The highest BCUT2D eigenvalue weighted by Gasteiger charge is 2.27. The molecule has 1 nitrogen and oxygen atoms in total. The average Bonchev–Trinajstić information content (AvgIpc) is 2.82. The van der Waals surface area contributed by atoms with Crippen molar-refractivity contribution < 1.29 is 0 Å². The normalized spacial score (nSPS) is 16.7. The van der Waals surface area contributed by atoms with Gasteiger partial charge in [-0.1, -0.05) is 71.7 Å². The Bertz CT molecular complexity index is 917. The molecule has 3 aromatic rings. The van der Waals surface area contributed by atoms with Crippen LogP contribution < -0.4 is 0 Å². The van der Waals surface area contributed by atoms with E-state index in [1.54, 1.807) is 11.8 Å². The molecule has 0 spiro atoms. The summed E-state index contributed by atoms with van der Waals surface area (Å²) in [6.07, 6.45) is 0. The van der Waals surface area contributed by atoms with Crippen LogP contribution in [0.1, 0.15) is 17.0 Å². The summed E-state index contributed by atoms with van der Waals surface area (Å²) >= 11 is 14.9. The molecule has 3 aromatic carbocycles. The molecule has 0 saturated carbocycles. The average molecular weight is 384 g/mol. The second-order valence-corrected chi connectivity index (χ2v) is 7.71. The summed E-state index contributed by atoms with van der Waals surface area (Å²) in [6.45, 7) is 0. The number of benzene rings is 3. The molecule has 0 radical (unpaired) electrons. The van der Waals surface area contributed by atoms with Gasteiger partial charge in [0.2, 0.25) is 0 Å². The largest absolute Gasteiger partial charge is 0.251 e. The van der Waals surface area contributed by atoms with Gasteiger partial charge < -0.3 is 0 Å². The molecule has 0 saturated heterocycles. The minimum atomic E-state index is 0.0287. The number of hydrogen-bond acceptors (Lipinski definition) is 2. The summed E-state index contributed by atoms with van der Waals surface area (Å²) in [7, 11) is 0. The minimum absolute atomic E-state index is 0.0287. The predicted molar refractivity (Wildman–Crippen MR) is 109 cm³/mol. The van der Waals surface area contributed by atoms with Crippen molar-refractivity contribution in [1.82, 2.24) is 0 Å². The third-order valence-electron chi connectivity index (χ3n) is 4.26. The topological polar surface area (TPSA) is 12.4 Å². The summed E-state index contributed by atoms with van der Waals surface area (Å²) < 4.78 is 0. The lowest BCUT2D eigenvalue weighted by Crippen LogP contribution is -2.16. The number of thioether (sulfide) groups is 1. The third-order valence-corrected chi connectivity index (χ3v) is 6.07. The SMILES string of the molecule is Clc1cccc(Cl)c1[C@@H]1CSc2ccccc2N=C1c1ccccc1. The first kappa shape index (κ1) is 16.7. The Kier molecular flexibility index (Phi) is 4.85. The summed E-state index contributed by atoms with van der Waals surface area (Å²) in [6, 6.07) is 24.2. The maximum Gasteiger partial charge on any atom is 0.0769 e. The van der Waals surface area contributed by atoms with E-state index in [4.69, 9.17) is 28.2 Å². The number of nitrogens with zero attached hydrogens (tertiary/aromatic N) is 1. The molecule has 1 heterocycles. The van der Waals surface area contributed by atoms with Crippen LogP contribution in [-0.2, 0) is 0 Å². The van der Waals surface area contributed by atoms with E-state index in [9.17, 15) is 0 Å².